The molecule has 0 unspecified atom stereocenters. The molecule has 0 fully saturated rings. The van der Waals surface area contributed by atoms with E-state index in [1.807, 2.05) is 0 Å². The summed E-state index contributed by atoms with van der Waals surface area (Å²) >= 11 is 0. The number of hydrogen-bond donors (Lipinski definition) is 0. The molecule has 0 amide bonds. The molecule has 0 aromatic rings. The van der Waals surface area contributed by atoms with Crippen LogP contribution in [-0.2, 0) is 9.53 Å². The highest BCUT2D eigenvalue weighted by molar-refractivity contribution is 5.86. The Morgan fingerprint density at radius 2 is 0.892 bits per heavy atom. The van der Waals surface area contributed by atoms with Crippen LogP contribution in [0.15, 0.2) is 12.2 Å². The average Bonchev–Trinajstić information content (AvgIpc) is 2.64. The van der Waals surface area contributed by atoms with Crippen LogP contribution in [0.2, 0.25) is 0 Å². The topological polar surface area (TPSA) is 26.3 Å². The second kappa shape index (κ2) is 9.57. The highest BCUT2D eigenvalue weighted by Crippen LogP contribution is 2.61. The van der Waals surface area contributed by atoms with Gasteiger partial charge >= 0.3 is 59.5 Å². The standard InChI is InChI=1S/C16H11F19O2/c1-6(2)7(36)37-4-3-8(17,18)11(23,24)14(29,30)12(25,26)9(19,20)5-10(21,22)13(27,28)15(31,32)16(33,34)35/h1,3-5H2,2H3. The molecule has 0 aromatic heterocycles. The van der Waals surface area contributed by atoms with E-state index in [-0.39, 0.29) is 0 Å². The summed E-state index contributed by atoms with van der Waals surface area (Å²) in [5, 5.41) is 0. The molecule has 0 saturated heterocycles. The number of hydrogen-bond acceptors (Lipinski definition) is 2. The molecule has 0 rings (SSSR count). The third-order valence-electron chi connectivity index (χ3n) is 4.36. The predicted molar refractivity (Wildman–Crippen MR) is 80.6 cm³/mol. The minimum absolute atomic E-state index is 0.597. The molecule has 0 radical (unpaired) electrons. The molecular weight excluding hydrogens is 585 g/mol. The van der Waals surface area contributed by atoms with Gasteiger partial charge in [-0.05, 0) is 6.92 Å². The number of esters is 1. The minimum atomic E-state index is -8.21. The van der Waals surface area contributed by atoms with E-state index >= 15 is 0 Å². The van der Waals surface area contributed by atoms with Crippen molar-refractivity contribution < 1.29 is 92.9 Å². The first-order valence-electron chi connectivity index (χ1n) is 8.70. The third kappa shape index (κ3) is 5.68. The fraction of sp³-hybridized carbons (Fsp3) is 0.812. The molecule has 0 saturated carbocycles. The molecule has 0 aliphatic carbocycles. The minimum Gasteiger partial charge on any atom is -0.462 e. The lowest BCUT2D eigenvalue weighted by atomic mass is 9.88. The van der Waals surface area contributed by atoms with E-state index in [0.29, 0.717) is 0 Å². The van der Waals surface area contributed by atoms with Gasteiger partial charge in [0.1, 0.15) is 0 Å². The first-order valence-corrected chi connectivity index (χ1v) is 8.70. The number of carbonyl (C=O) groups excluding carboxylic acids is 1. The van der Waals surface area contributed by atoms with Crippen molar-refractivity contribution in [3.05, 3.63) is 12.2 Å². The van der Waals surface area contributed by atoms with Gasteiger partial charge in [0.05, 0.1) is 19.4 Å². The van der Waals surface area contributed by atoms with Crippen LogP contribution in [0.1, 0.15) is 19.8 Å². The zero-order valence-corrected chi connectivity index (χ0v) is 17.3. The van der Waals surface area contributed by atoms with Crippen LogP contribution >= 0.6 is 0 Å². The summed E-state index contributed by atoms with van der Waals surface area (Å²) in [5.41, 5.74) is -0.597. The Morgan fingerprint density at radius 1 is 0.568 bits per heavy atom. The fourth-order valence-corrected chi connectivity index (χ4v) is 2.12. The van der Waals surface area contributed by atoms with Crippen LogP contribution in [0.4, 0.5) is 83.4 Å². The van der Waals surface area contributed by atoms with Crippen LogP contribution in [0.3, 0.4) is 0 Å². The van der Waals surface area contributed by atoms with Gasteiger partial charge < -0.3 is 4.74 Å². The smallest absolute Gasteiger partial charge is 0.460 e. The van der Waals surface area contributed by atoms with E-state index in [0.717, 1.165) is 6.92 Å². The Hall–Kier alpha value is -2.12. The molecule has 0 aliphatic heterocycles. The largest absolute Gasteiger partial charge is 0.462 e. The number of carbonyl (C=O) groups is 1. The van der Waals surface area contributed by atoms with E-state index in [2.05, 4.69) is 11.3 Å². The predicted octanol–water partition coefficient (Wildman–Crippen LogP) is 7.53. The van der Waals surface area contributed by atoms with E-state index in [1.165, 1.54) is 0 Å². The quantitative estimate of drug-likeness (QED) is 0.132. The van der Waals surface area contributed by atoms with Gasteiger partial charge in [-0.3, -0.25) is 0 Å². The summed E-state index contributed by atoms with van der Waals surface area (Å²) < 4.78 is 254. The fourth-order valence-electron chi connectivity index (χ4n) is 2.12. The van der Waals surface area contributed by atoms with Crippen molar-refractivity contribution in [2.75, 3.05) is 6.61 Å². The molecule has 0 aromatic carbocycles. The summed E-state index contributed by atoms with van der Waals surface area (Å²) in [6.45, 7) is 1.72. The molecule has 0 spiro atoms. The number of rotatable bonds is 12. The lowest BCUT2D eigenvalue weighted by Crippen LogP contribution is -2.69. The Balaban J connectivity index is 6.32. The van der Waals surface area contributed by atoms with Crippen LogP contribution in [0, 0.1) is 0 Å². The average molecular weight is 596 g/mol. The van der Waals surface area contributed by atoms with Crippen molar-refractivity contribution in [2.45, 2.75) is 73.3 Å². The SMILES string of the molecule is C=C(C)C(=O)OCCC(F)(F)C(F)(F)C(F)(F)C(F)(F)C(F)(F)CC(F)(F)C(F)(F)C(F)(F)C(F)(F)F. The molecule has 2 nitrogen and oxygen atoms in total. The number of halogens is 19. The lowest BCUT2D eigenvalue weighted by molar-refractivity contribution is -0.424. The molecule has 0 atom stereocenters. The normalized spacial score (nSPS) is 15.6. The van der Waals surface area contributed by atoms with Gasteiger partial charge in [-0.15, -0.1) is 0 Å². The molecule has 0 aliphatic rings. The Morgan fingerprint density at radius 3 is 1.22 bits per heavy atom. The molecule has 21 heteroatoms. The lowest BCUT2D eigenvalue weighted by Gasteiger charge is -2.41. The molecular formula is C16H11F19O2. The van der Waals surface area contributed by atoms with Gasteiger partial charge in [-0.2, -0.15) is 83.4 Å². The third-order valence-corrected chi connectivity index (χ3v) is 4.36. The van der Waals surface area contributed by atoms with Gasteiger partial charge in [-0.1, -0.05) is 6.58 Å². The second-order valence-corrected chi connectivity index (χ2v) is 7.33. The first-order chi connectivity index (χ1) is 15.8. The van der Waals surface area contributed by atoms with E-state index in [9.17, 15) is 88.2 Å². The Bertz CT molecular complexity index is 855. The van der Waals surface area contributed by atoms with Crippen molar-refractivity contribution in [3.8, 4) is 0 Å². The van der Waals surface area contributed by atoms with Gasteiger partial charge in [0.2, 0.25) is 0 Å². The maximum Gasteiger partial charge on any atom is 0.460 e. The second-order valence-electron chi connectivity index (χ2n) is 7.33. The van der Waals surface area contributed by atoms with Crippen LogP contribution in [-0.4, -0.2) is 66.1 Å². The zero-order valence-electron chi connectivity index (χ0n) is 17.3. The molecule has 37 heavy (non-hydrogen) atoms. The molecule has 0 bridgehead atoms. The monoisotopic (exact) mass is 596 g/mol. The van der Waals surface area contributed by atoms with E-state index < -0.39 is 84.5 Å². The molecule has 0 heterocycles. The van der Waals surface area contributed by atoms with Crippen molar-refractivity contribution in [2.24, 2.45) is 0 Å². The van der Waals surface area contributed by atoms with Gasteiger partial charge in [0.15, 0.2) is 0 Å². The van der Waals surface area contributed by atoms with Crippen LogP contribution < -0.4 is 0 Å². The number of ether oxygens (including phenoxy) is 1. The maximum absolute atomic E-state index is 13.6. The molecule has 220 valence electrons. The van der Waals surface area contributed by atoms with E-state index in [4.69, 9.17) is 0 Å². The van der Waals surface area contributed by atoms with Crippen molar-refractivity contribution in [1.82, 2.24) is 0 Å². The Kier molecular flexibility index (Phi) is 9.02. The van der Waals surface area contributed by atoms with Gasteiger partial charge in [-0.25, -0.2) is 4.79 Å². The summed E-state index contributed by atoms with van der Waals surface area (Å²) in [6.07, 6.45) is -15.5. The van der Waals surface area contributed by atoms with Gasteiger partial charge in [0.25, 0.3) is 0 Å². The number of alkyl halides is 19. The van der Waals surface area contributed by atoms with Crippen molar-refractivity contribution in [3.63, 3.8) is 0 Å². The maximum atomic E-state index is 13.6. The highest BCUT2D eigenvalue weighted by atomic mass is 19.4. The van der Waals surface area contributed by atoms with Crippen molar-refractivity contribution >= 4 is 5.97 Å². The zero-order chi connectivity index (χ0) is 30.5. The van der Waals surface area contributed by atoms with Gasteiger partial charge in [0, 0.05) is 5.57 Å². The summed E-state index contributed by atoms with van der Waals surface area (Å²) in [6, 6.07) is 0. The molecule has 0 N–H and O–H groups in total. The van der Waals surface area contributed by atoms with Crippen molar-refractivity contribution in [1.29, 1.82) is 0 Å². The van der Waals surface area contributed by atoms with Crippen LogP contribution in [0.5, 0.6) is 0 Å². The Labute approximate surface area is 192 Å². The first kappa shape index (κ1) is 34.9. The van der Waals surface area contributed by atoms with Crippen LogP contribution in [0.25, 0.3) is 0 Å². The summed E-state index contributed by atoms with van der Waals surface area (Å²) in [7, 11) is 0. The summed E-state index contributed by atoms with van der Waals surface area (Å²) in [4.78, 5) is 10.9. The highest BCUT2D eigenvalue weighted by Gasteiger charge is 2.89. The summed E-state index contributed by atoms with van der Waals surface area (Å²) in [5.74, 6) is -63.7. The van der Waals surface area contributed by atoms with E-state index in [1.54, 1.807) is 0 Å².